The van der Waals surface area contributed by atoms with Crippen LogP contribution in [0.1, 0.15) is 62.8 Å². The highest BCUT2D eigenvalue weighted by Gasteiger charge is 2.39. The minimum Gasteiger partial charge on any atom is -0.310 e. The Morgan fingerprint density at radius 1 is 0.316 bits per heavy atom. The third kappa shape index (κ3) is 6.56. The lowest BCUT2D eigenvalue weighted by molar-refractivity contribution is 0.632. The van der Waals surface area contributed by atoms with E-state index in [1.165, 1.54) is 117 Å². The van der Waals surface area contributed by atoms with Gasteiger partial charge in [-0.15, -0.1) is 0 Å². The Labute approximate surface area is 444 Å². The standard InChI is InChI=1S/C72H56N4/c1-71(2)59-25-13-17-29-67(59)75(53-37-41-65-57(45-53)55-23-11-15-27-63(55)73(65)51-19-7-5-8-20-51)69-39-35-49(43-61(69)71)47-31-33-48(34-32-47)50-36-40-70-62(44-50)72(3,4)60-26-14-18-30-68(60)76(70)54-38-42-66-58(46-54)56-24-12-16-28-64(56)74(66)52-21-9-6-10-22-52/h5,7-9,11-46H,6,10H2,1-4H3. The van der Waals surface area contributed by atoms with Crippen LogP contribution in [0.3, 0.4) is 0 Å². The Balaban J connectivity index is 0.796. The zero-order valence-electron chi connectivity index (χ0n) is 43.3. The number of fused-ring (bicyclic) bond motifs is 10. The smallest absolute Gasteiger partial charge is 0.0542 e. The molecule has 0 saturated carbocycles. The molecule has 15 rings (SSSR count). The van der Waals surface area contributed by atoms with Crippen molar-refractivity contribution in [3.05, 3.63) is 265 Å². The Hall–Kier alpha value is -9.12. The molecule has 76 heavy (non-hydrogen) atoms. The first-order valence-corrected chi connectivity index (χ1v) is 26.9. The van der Waals surface area contributed by atoms with Crippen LogP contribution in [0.4, 0.5) is 34.1 Å². The Morgan fingerprint density at radius 2 is 0.750 bits per heavy atom. The van der Waals surface area contributed by atoms with Crippen molar-refractivity contribution in [2.75, 3.05) is 9.80 Å². The van der Waals surface area contributed by atoms with Crippen molar-refractivity contribution in [3.63, 3.8) is 0 Å². The Kier molecular flexibility index (Phi) is 9.75. The van der Waals surface area contributed by atoms with Crippen molar-refractivity contribution in [3.8, 4) is 27.9 Å². The van der Waals surface area contributed by atoms with Gasteiger partial charge in [-0.1, -0.05) is 167 Å². The molecule has 4 nitrogen and oxygen atoms in total. The van der Waals surface area contributed by atoms with Crippen LogP contribution in [-0.2, 0) is 10.8 Å². The van der Waals surface area contributed by atoms with Gasteiger partial charge in [0.05, 0.1) is 44.8 Å². The first kappa shape index (κ1) is 44.4. The zero-order valence-corrected chi connectivity index (χ0v) is 43.3. The van der Waals surface area contributed by atoms with Crippen LogP contribution in [-0.4, -0.2) is 9.13 Å². The molecule has 0 fully saturated rings. The molecule has 0 radical (unpaired) electrons. The molecule has 0 bridgehead atoms. The maximum Gasteiger partial charge on any atom is 0.0542 e. The highest BCUT2D eigenvalue weighted by atomic mass is 15.2. The van der Waals surface area contributed by atoms with E-state index in [2.05, 4.69) is 289 Å². The molecule has 4 heteroatoms. The third-order valence-corrected chi connectivity index (χ3v) is 17.1. The van der Waals surface area contributed by atoms with Gasteiger partial charge in [0, 0.05) is 55.1 Å². The molecule has 1 aliphatic carbocycles. The molecule has 2 aliphatic heterocycles. The molecular formula is C72H56N4. The molecule has 364 valence electrons. The lowest BCUT2D eigenvalue weighted by Crippen LogP contribution is -2.30. The normalized spacial score (nSPS) is 15.2. The van der Waals surface area contributed by atoms with Gasteiger partial charge in [-0.2, -0.15) is 0 Å². The van der Waals surface area contributed by atoms with E-state index in [1.54, 1.807) is 0 Å². The number of aromatic nitrogens is 2. The minimum absolute atomic E-state index is 0.229. The lowest BCUT2D eigenvalue weighted by atomic mass is 9.72. The number of anilines is 6. The van der Waals surface area contributed by atoms with Gasteiger partial charge in [-0.05, 0) is 160 Å². The van der Waals surface area contributed by atoms with Crippen molar-refractivity contribution in [1.82, 2.24) is 9.13 Å². The van der Waals surface area contributed by atoms with E-state index in [4.69, 9.17) is 0 Å². The van der Waals surface area contributed by atoms with Crippen LogP contribution in [0.5, 0.6) is 0 Å². The average molecular weight is 977 g/mol. The summed E-state index contributed by atoms with van der Waals surface area (Å²) in [7, 11) is 0. The summed E-state index contributed by atoms with van der Waals surface area (Å²) in [6.07, 6.45) is 9.11. The second-order valence-electron chi connectivity index (χ2n) is 22.0. The molecule has 4 heterocycles. The van der Waals surface area contributed by atoms with Crippen LogP contribution in [0.15, 0.2) is 243 Å². The molecule has 0 unspecified atom stereocenters. The molecule has 12 aromatic rings. The third-order valence-electron chi connectivity index (χ3n) is 17.1. The highest BCUT2D eigenvalue weighted by Crippen LogP contribution is 2.55. The molecule has 0 spiro atoms. The van der Waals surface area contributed by atoms with Crippen molar-refractivity contribution < 1.29 is 0 Å². The largest absolute Gasteiger partial charge is 0.310 e. The lowest BCUT2D eigenvalue weighted by Gasteiger charge is -2.42. The topological polar surface area (TPSA) is 16.3 Å². The zero-order chi connectivity index (χ0) is 50.9. The van der Waals surface area contributed by atoms with Crippen molar-refractivity contribution in [2.24, 2.45) is 0 Å². The number of benzene rings is 10. The van der Waals surface area contributed by atoms with Crippen LogP contribution in [0, 0.1) is 0 Å². The van der Waals surface area contributed by atoms with E-state index in [-0.39, 0.29) is 10.8 Å². The van der Waals surface area contributed by atoms with E-state index in [0.29, 0.717) is 0 Å². The van der Waals surface area contributed by atoms with Gasteiger partial charge >= 0.3 is 0 Å². The quantitative estimate of drug-likeness (QED) is 0.165. The van der Waals surface area contributed by atoms with Crippen molar-refractivity contribution in [2.45, 2.75) is 51.4 Å². The van der Waals surface area contributed by atoms with Gasteiger partial charge in [-0.25, -0.2) is 0 Å². The van der Waals surface area contributed by atoms with E-state index in [0.717, 1.165) is 29.9 Å². The van der Waals surface area contributed by atoms with Gasteiger partial charge in [-0.3, -0.25) is 0 Å². The number of hydrogen-bond acceptors (Lipinski definition) is 2. The predicted octanol–water partition coefficient (Wildman–Crippen LogP) is 19.6. The summed E-state index contributed by atoms with van der Waals surface area (Å²) in [5.74, 6) is 0. The summed E-state index contributed by atoms with van der Waals surface area (Å²) < 4.78 is 4.83. The predicted molar refractivity (Wildman–Crippen MR) is 321 cm³/mol. The summed E-state index contributed by atoms with van der Waals surface area (Å²) in [4.78, 5) is 4.98. The minimum atomic E-state index is -0.233. The van der Waals surface area contributed by atoms with Crippen LogP contribution in [0.25, 0.3) is 77.2 Å². The first-order valence-electron chi connectivity index (χ1n) is 26.9. The fraction of sp³-hybridized carbons (Fsp3) is 0.111. The molecule has 0 saturated heterocycles. The maximum absolute atomic E-state index is 2.49. The van der Waals surface area contributed by atoms with Crippen molar-refractivity contribution >= 4 is 83.4 Å². The molecule has 0 N–H and O–H groups in total. The van der Waals surface area contributed by atoms with Gasteiger partial charge in [0.1, 0.15) is 0 Å². The number of nitrogens with zero attached hydrogens (tertiary/aromatic N) is 4. The highest BCUT2D eigenvalue weighted by molar-refractivity contribution is 6.13. The van der Waals surface area contributed by atoms with Gasteiger partial charge in [0.15, 0.2) is 0 Å². The Morgan fingerprint density at radius 3 is 1.28 bits per heavy atom. The fourth-order valence-corrected chi connectivity index (χ4v) is 13.3. The molecule has 2 aromatic heterocycles. The van der Waals surface area contributed by atoms with Gasteiger partial charge in [0.2, 0.25) is 0 Å². The van der Waals surface area contributed by atoms with E-state index < -0.39 is 0 Å². The molecular weight excluding hydrogens is 921 g/mol. The number of para-hydroxylation sites is 5. The summed E-state index contributed by atoms with van der Waals surface area (Å²) in [6, 6.07) is 83.9. The monoisotopic (exact) mass is 976 g/mol. The van der Waals surface area contributed by atoms with Crippen LogP contribution in [0.2, 0.25) is 0 Å². The van der Waals surface area contributed by atoms with Crippen LogP contribution < -0.4 is 9.80 Å². The summed E-state index contributed by atoms with van der Waals surface area (Å²) in [5.41, 5.74) is 24.1. The number of rotatable bonds is 6. The number of allylic oxidation sites excluding steroid dienone is 4. The van der Waals surface area contributed by atoms with Gasteiger partial charge in [0.25, 0.3) is 0 Å². The SMILES string of the molecule is CC1(C)c2ccccc2N(c2ccc3c(c2)c2ccccc2n3C2=CCCC=C2)c2ccc(-c3ccc(-c4ccc5c(c4)C(C)(C)c4ccccc4N5c4ccc5c(c4)c4ccccc4n5-c4ccccc4)cc3)cc21. The first-order chi connectivity index (χ1) is 37.2. The molecule has 10 aromatic carbocycles. The van der Waals surface area contributed by atoms with E-state index >= 15 is 0 Å². The van der Waals surface area contributed by atoms with E-state index in [1.807, 2.05) is 0 Å². The average Bonchev–Trinajstić information content (AvgIpc) is 4.04. The summed E-state index contributed by atoms with van der Waals surface area (Å²) in [5, 5.41) is 5.02. The van der Waals surface area contributed by atoms with Gasteiger partial charge < -0.3 is 18.9 Å². The molecule has 0 atom stereocenters. The molecule has 3 aliphatic rings. The summed E-state index contributed by atoms with van der Waals surface area (Å²) >= 11 is 0. The Bertz CT molecular complexity index is 4410. The second-order valence-corrected chi connectivity index (χ2v) is 22.0. The number of hydrogen-bond donors (Lipinski definition) is 0. The fourth-order valence-electron chi connectivity index (χ4n) is 13.3. The van der Waals surface area contributed by atoms with Crippen LogP contribution >= 0.6 is 0 Å². The molecule has 0 amide bonds. The van der Waals surface area contributed by atoms with Crippen molar-refractivity contribution in [1.29, 1.82) is 0 Å². The summed E-state index contributed by atoms with van der Waals surface area (Å²) in [6.45, 7) is 9.54. The second kappa shape index (κ2) is 16.7. The van der Waals surface area contributed by atoms with E-state index in [9.17, 15) is 0 Å². The maximum atomic E-state index is 2.49.